The summed E-state index contributed by atoms with van der Waals surface area (Å²) in [4.78, 5) is 2.86. The van der Waals surface area contributed by atoms with Crippen molar-refractivity contribution in [2.24, 2.45) is 11.1 Å². The summed E-state index contributed by atoms with van der Waals surface area (Å²) < 4.78 is 0. The molecule has 0 radical (unpaired) electrons. The molecule has 88 valence electrons. The van der Waals surface area contributed by atoms with Crippen LogP contribution >= 0.6 is 12.2 Å². The van der Waals surface area contributed by atoms with Crippen LogP contribution in [0.5, 0.6) is 0 Å². The predicted molar refractivity (Wildman–Crippen MR) is 74.9 cm³/mol. The third-order valence-electron chi connectivity index (χ3n) is 2.76. The second kappa shape index (κ2) is 5.30. The molecule has 2 N–H and O–H groups in total. The fourth-order valence-corrected chi connectivity index (χ4v) is 1.64. The molecule has 0 atom stereocenters. The Kier molecular flexibility index (Phi) is 4.30. The van der Waals surface area contributed by atoms with E-state index in [4.69, 9.17) is 18.0 Å². The molecule has 0 heterocycles. The average molecular weight is 236 g/mol. The van der Waals surface area contributed by atoms with Gasteiger partial charge in [-0.3, -0.25) is 0 Å². The Morgan fingerprint density at radius 3 is 2.31 bits per heavy atom. The number of para-hydroxylation sites is 1. The van der Waals surface area contributed by atoms with Gasteiger partial charge in [0.1, 0.15) is 0 Å². The molecule has 2 nitrogen and oxygen atoms in total. The van der Waals surface area contributed by atoms with Gasteiger partial charge in [-0.25, -0.2) is 0 Å². The summed E-state index contributed by atoms with van der Waals surface area (Å²) >= 11 is 5.10. The zero-order chi connectivity index (χ0) is 12.2. The molecule has 0 spiro atoms. The lowest BCUT2D eigenvalue weighted by Crippen LogP contribution is -2.41. The molecule has 0 saturated carbocycles. The molecular formula is C13H20N2S. The standard InChI is InChI=1S/C13H20N2S/c1-4-15(10-13(2,3)12(14)16)11-8-6-5-7-9-11/h5-9H,4,10H2,1-3H3,(H2,14,16). The van der Waals surface area contributed by atoms with E-state index in [9.17, 15) is 0 Å². The Morgan fingerprint density at radius 2 is 1.88 bits per heavy atom. The molecule has 0 unspecified atom stereocenters. The van der Waals surface area contributed by atoms with E-state index in [0.717, 1.165) is 13.1 Å². The van der Waals surface area contributed by atoms with Gasteiger partial charge in [-0.15, -0.1) is 0 Å². The number of nitrogens with zero attached hydrogens (tertiary/aromatic N) is 1. The first-order chi connectivity index (χ1) is 7.47. The summed E-state index contributed by atoms with van der Waals surface area (Å²) in [5.41, 5.74) is 6.84. The lowest BCUT2D eigenvalue weighted by molar-refractivity contribution is 0.514. The van der Waals surface area contributed by atoms with Crippen molar-refractivity contribution >= 4 is 22.9 Å². The van der Waals surface area contributed by atoms with E-state index < -0.39 is 0 Å². The maximum absolute atomic E-state index is 5.76. The first kappa shape index (κ1) is 13.0. The van der Waals surface area contributed by atoms with Gasteiger partial charge in [0, 0.05) is 24.2 Å². The molecule has 0 aliphatic rings. The van der Waals surface area contributed by atoms with E-state index in [1.807, 2.05) is 18.2 Å². The van der Waals surface area contributed by atoms with Crippen LogP contribution in [0.15, 0.2) is 30.3 Å². The number of nitrogens with two attached hydrogens (primary N) is 1. The van der Waals surface area contributed by atoms with Crippen LogP contribution in [0, 0.1) is 5.41 Å². The fraction of sp³-hybridized carbons (Fsp3) is 0.462. The highest BCUT2D eigenvalue weighted by molar-refractivity contribution is 7.80. The van der Waals surface area contributed by atoms with Crippen molar-refractivity contribution in [2.75, 3.05) is 18.0 Å². The average Bonchev–Trinajstić information content (AvgIpc) is 2.27. The maximum atomic E-state index is 5.76. The Balaban J connectivity index is 2.81. The molecule has 16 heavy (non-hydrogen) atoms. The lowest BCUT2D eigenvalue weighted by atomic mass is 9.92. The van der Waals surface area contributed by atoms with Crippen molar-refractivity contribution in [3.63, 3.8) is 0 Å². The molecule has 0 saturated heterocycles. The van der Waals surface area contributed by atoms with E-state index >= 15 is 0 Å². The molecule has 0 aliphatic heterocycles. The summed E-state index contributed by atoms with van der Waals surface area (Å²) in [7, 11) is 0. The molecule has 1 aromatic rings. The van der Waals surface area contributed by atoms with Gasteiger partial charge in [0.25, 0.3) is 0 Å². The first-order valence-electron chi connectivity index (χ1n) is 5.57. The number of anilines is 1. The van der Waals surface area contributed by atoms with Crippen LogP contribution in [0.25, 0.3) is 0 Å². The Morgan fingerprint density at radius 1 is 1.31 bits per heavy atom. The van der Waals surface area contributed by atoms with Crippen LogP contribution in [-0.4, -0.2) is 18.1 Å². The molecule has 0 fully saturated rings. The third kappa shape index (κ3) is 3.20. The fourth-order valence-electron chi connectivity index (χ4n) is 1.58. The van der Waals surface area contributed by atoms with E-state index in [1.165, 1.54) is 5.69 Å². The summed E-state index contributed by atoms with van der Waals surface area (Å²) in [6, 6.07) is 10.3. The van der Waals surface area contributed by atoms with Crippen LogP contribution in [0.3, 0.4) is 0 Å². The number of benzene rings is 1. The molecule has 0 aromatic heterocycles. The van der Waals surface area contributed by atoms with E-state index in [0.29, 0.717) is 4.99 Å². The summed E-state index contributed by atoms with van der Waals surface area (Å²) in [5, 5.41) is 0. The second-order valence-electron chi connectivity index (χ2n) is 4.60. The highest BCUT2D eigenvalue weighted by Gasteiger charge is 2.24. The monoisotopic (exact) mass is 236 g/mol. The van der Waals surface area contributed by atoms with Gasteiger partial charge in [0.05, 0.1) is 4.99 Å². The maximum Gasteiger partial charge on any atom is 0.0802 e. The molecule has 0 aliphatic carbocycles. The number of rotatable bonds is 5. The summed E-state index contributed by atoms with van der Waals surface area (Å²) in [6.07, 6.45) is 0. The van der Waals surface area contributed by atoms with Crippen molar-refractivity contribution in [2.45, 2.75) is 20.8 Å². The molecule has 3 heteroatoms. The quantitative estimate of drug-likeness (QED) is 0.797. The smallest absolute Gasteiger partial charge is 0.0802 e. The summed E-state index contributed by atoms with van der Waals surface area (Å²) in [5.74, 6) is 0. The topological polar surface area (TPSA) is 29.3 Å². The minimum Gasteiger partial charge on any atom is -0.393 e. The molecule has 1 aromatic carbocycles. The van der Waals surface area contributed by atoms with Crippen LogP contribution in [0.2, 0.25) is 0 Å². The van der Waals surface area contributed by atoms with Crippen LogP contribution in [0.1, 0.15) is 20.8 Å². The van der Waals surface area contributed by atoms with Crippen LogP contribution < -0.4 is 10.6 Å². The van der Waals surface area contributed by atoms with E-state index in [-0.39, 0.29) is 5.41 Å². The predicted octanol–water partition coefficient (Wildman–Crippen LogP) is 2.83. The normalized spacial score (nSPS) is 11.2. The largest absolute Gasteiger partial charge is 0.393 e. The van der Waals surface area contributed by atoms with Crippen molar-refractivity contribution in [1.29, 1.82) is 0 Å². The number of hydrogen-bond acceptors (Lipinski definition) is 2. The van der Waals surface area contributed by atoms with Crippen LogP contribution in [0.4, 0.5) is 5.69 Å². The van der Waals surface area contributed by atoms with Gasteiger partial charge in [-0.2, -0.15) is 0 Å². The Hall–Kier alpha value is -1.09. The Labute approximate surface area is 103 Å². The zero-order valence-corrected chi connectivity index (χ0v) is 11.1. The van der Waals surface area contributed by atoms with Gasteiger partial charge in [-0.05, 0) is 19.1 Å². The third-order valence-corrected chi connectivity index (χ3v) is 3.31. The number of thiocarbonyl (C=S) groups is 1. The molecular weight excluding hydrogens is 216 g/mol. The summed E-state index contributed by atoms with van der Waals surface area (Å²) in [6.45, 7) is 8.11. The Bertz CT molecular complexity index is 346. The zero-order valence-electron chi connectivity index (χ0n) is 10.2. The van der Waals surface area contributed by atoms with Crippen molar-refractivity contribution in [3.05, 3.63) is 30.3 Å². The second-order valence-corrected chi connectivity index (χ2v) is 5.04. The van der Waals surface area contributed by atoms with Crippen molar-refractivity contribution in [3.8, 4) is 0 Å². The molecule has 0 bridgehead atoms. The minimum atomic E-state index is -0.138. The van der Waals surface area contributed by atoms with Gasteiger partial charge < -0.3 is 10.6 Å². The first-order valence-corrected chi connectivity index (χ1v) is 5.98. The van der Waals surface area contributed by atoms with Crippen LogP contribution in [-0.2, 0) is 0 Å². The van der Waals surface area contributed by atoms with Gasteiger partial charge >= 0.3 is 0 Å². The molecule has 0 amide bonds. The minimum absolute atomic E-state index is 0.138. The van der Waals surface area contributed by atoms with Crippen molar-refractivity contribution < 1.29 is 0 Å². The van der Waals surface area contributed by atoms with Gasteiger partial charge in [-0.1, -0.05) is 44.3 Å². The van der Waals surface area contributed by atoms with E-state index in [2.05, 4.69) is 37.8 Å². The highest BCUT2D eigenvalue weighted by atomic mass is 32.1. The van der Waals surface area contributed by atoms with Gasteiger partial charge in [0.15, 0.2) is 0 Å². The van der Waals surface area contributed by atoms with Crippen molar-refractivity contribution in [1.82, 2.24) is 0 Å². The lowest BCUT2D eigenvalue weighted by Gasteiger charge is -2.32. The number of hydrogen-bond donors (Lipinski definition) is 1. The van der Waals surface area contributed by atoms with Gasteiger partial charge in [0.2, 0.25) is 0 Å². The highest BCUT2D eigenvalue weighted by Crippen LogP contribution is 2.22. The molecule has 1 rings (SSSR count). The SMILES string of the molecule is CCN(CC(C)(C)C(N)=S)c1ccccc1. The van der Waals surface area contributed by atoms with E-state index in [1.54, 1.807) is 0 Å².